The third-order valence-corrected chi connectivity index (χ3v) is 8.35. The Morgan fingerprint density at radius 3 is 2.38 bits per heavy atom. The van der Waals surface area contributed by atoms with Crippen molar-refractivity contribution in [3.8, 4) is 17.1 Å². The number of rotatable bonds is 9. The number of halogens is 4. The number of nitrogens with one attached hydrogen (secondary N) is 1. The molecule has 3 heterocycles. The molecular formula is C26H33F4N7O2S. The molecule has 0 bridgehead atoms. The Kier molecular flexibility index (Phi) is 8.80. The summed E-state index contributed by atoms with van der Waals surface area (Å²) in [6.45, 7) is 8.42. The first-order chi connectivity index (χ1) is 18.8. The maximum atomic E-state index is 15.2. The summed E-state index contributed by atoms with van der Waals surface area (Å²) in [6, 6.07) is 4.59. The zero-order valence-electron chi connectivity index (χ0n) is 22.8. The van der Waals surface area contributed by atoms with Gasteiger partial charge < -0.3 is 9.88 Å². The summed E-state index contributed by atoms with van der Waals surface area (Å²) in [5.74, 6) is -0.252. The molecule has 4 rings (SSSR count). The highest BCUT2D eigenvalue weighted by Crippen LogP contribution is 2.36. The Morgan fingerprint density at radius 1 is 1.12 bits per heavy atom. The Bertz CT molecular complexity index is 1450. The van der Waals surface area contributed by atoms with Crippen molar-refractivity contribution >= 4 is 16.0 Å². The molecular weight excluding hydrogens is 550 g/mol. The number of nitrogens with zero attached hydrogens (tertiary/aromatic N) is 6. The SMILES string of the molecule is CCN(CC)Cc1ccc(-n2cc(-c3nc(NC4CCN(S(C)(=O)=O)CC4)ncc3C(F)(F)F)nc2C)c(F)c1. The third kappa shape index (κ3) is 6.78. The van der Waals surface area contributed by atoms with Gasteiger partial charge in [0.1, 0.15) is 28.6 Å². The quantitative estimate of drug-likeness (QED) is 0.372. The van der Waals surface area contributed by atoms with Crippen molar-refractivity contribution in [3.05, 3.63) is 53.4 Å². The van der Waals surface area contributed by atoms with Crippen molar-refractivity contribution in [2.24, 2.45) is 0 Å². The number of aryl methyl sites for hydroxylation is 1. The van der Waals surface area contributed by atoms with E-state index in [2.05, 4.69) is 25.2 Å². The maximum Gasteiger partial charge on any atom is 0.420 e. The molecule has 9 nitrogen and oxygen atoms in total. The summed E-state index contributed by atoms with van der Waals surface area (Å²) in [6.07, 6.45) is -0.672. The number of imidazole rings is 1. The van der Waals surface area contributed by atoms with Gasteiger partial charge in [-0.3, -0.25) is 4.90 Å². The van der Waals surface area contributed by atoms with Crippen LogP contribution < -0.4 is 5.32 Å². The predicted octanol–water partition coefficient (Wildman–Crippen LogP) is 4.47. The number of anilines is 1. The van der Waals surface area contributed by atoms with Gasteiger partial charge in [-0.25, -0.2) is 32.1 Å². The van der Waals surface area contributed by atoms with Gasteiger partial charge in [-0.05, 0) is 50.6 Å². The van der Waals surface area contributed by atoms with Gasteiger partial charge in [-0.15, -0.1) is 0 Å². The summed E-state index contributed by atoms with van der Waals surface area (Å²) < 4.78 is 83.2. The lowest BCUT2D eigenvalue weighted by Crippen LogP contribution is -2.42. The summed E-state index contributed by atoms with van der Waals surface area (Å²) in [5, 5.41) is 3.03. The molecule has 1 aliphatic heterocycles. The number of aromatic nitrogens is 4. The van der Waals surface area contributed by atoms with Crippen LogP contribution in [0, 0.1) is 12.7 Å². The molecule has 40 heavy (non-hydrogen) atoms. The molecule has 1 N–H and O–H groups in total. The van der Waals surface area contributed by atoms with Crippen molar-refractivity contribution in [1.82, 2.24) is 28.7 Å². The van der Waals surface area contributed by atoms with E-state index in [1.165, 1.54) is 21.1 Å². The first-order valence-electron chi connectivity index (χ1n) is 13.0. The fraction of sp³-hybridized carbons (Fsp3) is 0.500. The van der Waals surface area contributed by atoms with Gasteiger partial charge in [0.2, 0.25) is 16.0 Å². The van der Waals surface area contributed by atoms with Crippen molar-refractivity contribution < 1.29 is 26.0 Å². The standard InChI is InChI=1S/C26H33F4N7O2S/c1-5-35(6-2)15-18-7-8-23(21(27)13-18)37-16-22(32-17(37)3)24-20(26(28,29)30)14-31-25(34-24)33-19-9-11-36(12-10-19)40(4,38)39/h7-8,13-14,16,19H,5-6,9-12,15H2,1-4H3,(H,31,33,34). The smallest absolute Gasteiger partial charge is 0.351 e. The Morgan fingerprint density at radius 2 is 1.80 bits per heavy atom. The molecule has 3 aromatic rings. The van der Waals surface area contributed by atoms with Crippen LogP contribution in [0.1, 0.15) is 43.6 Å². The van der Waals surface area contributed by atoms with Crippen molar-refractivity contribution in [2.45, 2.75) is 52.4 Å². The minimum Gasteiger partial charge on any atom is -0.351 e. The minimum absolute atomic E-state index is 0.0278. The highest BCUT2D eigenvalue weighted by molar-refractivity contribution is 7.88. The van der Waals surface area contributed by atoms with Crippen LogP contribution in [0.2, 0.25) is 0 Å². The van der Waals surface area contributed by atoms with E-state index >= 15 is 4.39 Å². The Hall–Kier alpha value is -3.10. The molecule has 218 valence electrons. The number of alkyl halides is 3. The fourth-order valence-electron chi connectivity index (χ4n) is 4.75. The molecule has 0 amide bonds. The van der Waals surface area contributed by atoms with Crippen LogP contribution in [0.3, 0.4) is 0 Å². The number of sulfonamides is 1. The Balaban J connectivity index is 1.63. The number of benzene rings is 1. The van der Waals surface area contributed by atoms with Gasteiger partial charge in [0, 0.05) is 38.1 Å². The van der Waals surface area contributed by atoms with Crippen LogP contribution in [0.5, 0.6) is 0 Å². The van der Waals surface area contributed by atoms with E-state index in [4.69, 9.17) is 0 Å². The van der Waals surface area contributed by atoms with Gasteiger partial charge in [-0.2, -0.15) is 13.2 Å². The van der Waals surface area contributed by atoms with E-state index in [1.54, 1.807) is 19.1 Å². The van der Waals surface area contributed by atoms with E-state index in [-0.39, 0.29) is 36.5 Å². The van der Waals surface area contributed by atoms with Crippen LogP contribution in [-0.2, 0) is 22.7 Å². The summed E-state index contributed by atoms with van der Waals surface area (Å²) in [7, 11) is -3.32. The Labute approximate surface area is 231 Å². The minimum atomic E-state index is -4.75. The highest BCUT2D eigenvalue weighted by Gasteiger charge is 2.36. The molecule has 2 aromatic heterocycles. The first kappa shape index (κ1) is 29.9. The first-order valence-corrected chi connectivity index (χ1v) is 14.9. The molecule has 0 saturated carbocycles. The second kappa shape index (κ2) is 11.8. The molecule has 0 aliphatic carbocycles. The van der Waals surface area contributed by atoms with E-state index in [0.29, 0.717) is 31.4 Å². The molecule has 0 atom stereocenters. The van der Waals surface area contributed by atoms with Gasteiger partial charge in [0.25, 0.3) is 0 Å². The molecule has 14 heteroatoms. The van der Waals surface area contributed by atoms with Crippen LogP contribution in [0.4, 0.5) is 23.5 Å². The second-order valence-corrected chi connectivity index (χ2v) is 11.8. The molecule has 1 aromatic carbocycles. The van der Waals surface area contributed by atoms with Gasteiger partial charge in [-0.1, -0.05) is 19.9 Å². The van der Waals surface area contributed by atoms with Crippen molar-refractivity contribution in [1.29, 1.82) is 0 Å². The van der Waals surface area contributed by atoms with Crippen LogP contribution >= 0.6 is 0 Å². The average molecular weight is 584 g/mol. The fourth-order valence-corrected chi connectivity index (χ4v) is 5.62. The number of hydrogen-bond acceptors (Lipinski definition) is 7. The summed E-state index contributed by atoms with van der Waals surface area (Å²) >= 11 is 0. The van der Waals surface area contributed by atoms with E-state index in [9.17, 15) is 21.6 Å². The highest BCUT2D eigenvalue weighted by atomic mass is 32.2. The van der Waals surface area contributed by atoms with Gasteiger partial charge >= 0.3 is 6.18 Å². The molecule has 0 unspecified atom stereocenters. The number of hydrogen-bond donors (Lipinski definition) is 1. The maximum absolute atomic E-state index is 15.2. The predicted molar refractivity (Wildman–Crippen MR) is 144 cm³/mol. The van der Waals surface area contributed by atoms with E-state index < -0.39 is 33.3 Å². The van der Waals surface area contributed by atoms with Gasteiger partial charge in [0.05, 0.1) is 11.9 Å². The van der Waals surface area contributed by atoms with Crippen LogP contribution in [0.25, 0.3) is 17.1 Å². The summed E-state index contributed by atoms with van der Waals surface area (Å²) in [5.41, 5.74) is -0.619. The lowest BCUT2D eigenvalue weighted by Gasteiger charge is -2.30. The molecule has 1 aliphatic rings. The van der Waals surface area contributed by atoms with E-state index in [1.807, 2.05) is 13.8 Å². The topological polar surface area (TPSA) is 96.2 Å². The third-order valence-electron chi connectivity index (χ3n) is 7.05. The zero-order chi connectivity index (χ0) is 29.2. The molecule has 1 fully saturated rings. The van der Waals surface area contributed by atoms with E-state index in [0.717, 1.165) is 24.9 Å². The molecule has 1 saturated heterocycles. The van der Waals surface area contributed by atoms with Crippen molar-refractivity contribution in [2.75, 3.05) is 37.8 Å². The monoisotopic (exact) mass is 583 g/mol. The molecule has 0 radical (unpaired) electrons. The van der Waals surface area contributed by atoms with Crippen LogP contribution in [-0.4, -0.2) is 75.6 Å². The molecule has 0 spiro atoms. The zero-order valence-corrected chi connectivity index (χ0v) is 23.7. The largest absolute Gasteiger partial charge is 0.420 e. The number of piperidine rings is 1. The van der Waals surface area contributed by atoms with Gasteiger partial charge in [0.15, 0.2) is 0 Å². The summed E-state index contributed by atoms with van der Waals surface area (Å²) in [4.78, 5) is 14.5. The lowest BCUT2D eigenvalue weighted by atomic mass is 10.1. The average Bonchev–Trinajstić information content (AvgIpc) is 3.27. The normalized spacial score (nSPS) is 15.6. The second-order valence-electron chi connectivity index (χ2n) is 9.82. The lowest BCUT2D eigenvalue weighted by molar-refractivity contribution is -0.137. The van der Waals surface area contributed by atoms with Crippen LogP contribution in [0.15, 0.2) is 30.6 Å². The van der Waals surface area contributed by atoms with Crippen molar-refractivity contribution in [3.63, 3.8) is 0 Å².